The highest BCUT2D eigenvalue weighted by molar-refractivity contribution is 7.91. The third-order valence-corrected chi connectivity index (χ3v) is 7.16. The molecule has 0 radical (unpaired) electrons. The molecule has 1 amide bonds. The van der Waals surface area contributed by atoms with E-state index in [1.165, 1.54) is 11.0 Å². The third kappa shape index (κ3) is 4.72. The lowest BCUT2D eigenvalue weighted by molar-refractivity contribution is -0.119. The van der Waals surface area contributed by atoms with Crippen molar-refractivity contribution in [3.8, 4) is 17.0 Å². The number of ether oxygens (including phenoxy) is 1. The summed E-state index contributed by atoms with van der Waals surface area (Å²) in [7, 11) is -1.62. The zero-order valence-electron chi connectivity index (χ0n) is 17.5. The first kappa shape index (κ1) is 21.8. The van der Waals surface area contributed by atoms with Crippen molar-refractivity contribution in [3.05, 3.63) is 77.1 Å². The van der Waals surface area contributed by atoms with Crippen molar-refractivity contribution < 1.29 is 17.9 Å². The van der Waals surface area contributed by atoms with Gasteiger partial charge in [0.15, 0.2) is 9.84 Å². The van der Waals surface area contributed by atoms with Crippen LogP contribution in [-0.2, 0) is 21.2 Å². The number of sulfone groups is 1. The summed E-state index contributed by atoms with van der Waals surface area (Å²) in [6, 6.07) is 18.6. The molecule has 166 valence electrons. The fourth-order valence-corrected chi connectivity index (χ4v) is 5.51. The summed E-state index contributed by atoms with van der Waals surface area (Å²) in [6.45, 7) is -0.297. The van der Waals surface area contributed by atoms with E-state index in [1.807, 2.05) is 18.2 Å². The largest absolute Gasteiger partial charge is 0.497 e. The lowest BCUT2D eigenvalue weighted by atomic mass is 10.1. The lowest BCUT2D eigenvalue weighted by Gasteiger charge is -2.28. The van der Waals surface area contributed by atoms with Crippen LogP contribution in [0.4, 0.5) is 5.69 Å². The van der Waals surface area contributed by atoms with Gasteiger partial charge in [-0.15, -0.1) is 0 Å². The lowest BCUT2D eigenvalue weighted by Crippen LogP contribution is -2.44. The summed E-state index contributed by atoms with van der Waals surface area (Å²) in [5.41, 5.74) is 1.49. The van der Waals surface area contributed by atoms with Gasteiger partial charge in [0.05, 0.1) is 30.4 Å². The normalized spacial score (nSPS) is 17.1. The van der Waals surface area contributed by atoms with Crippen molar-refractivity contribution in [2.45, 2.75) is 19.0 Å². The molecule has 32 heavy (non-hydrogen) atoms. The molecule has 0 aliphatic carbocycles. The number of rotatable bonds is 6. The van der Waals surface area contributed by atoms with Crippen LogP contribution in [0.1, 0.15) is 6.42 Å². The second kappa shape index (κ2) is 8.96. The van der Waals surface area contributed by atoms with Gasteiger partial charge in [0.25, 0.3) is 5.56 Å². The first-order chi connectivity index (χ1) is 15.4. The zero-order valence-corrected chi connectivity index (χ0v) is 18.4. The Morgan fingerprint density at radius 1 is 1.09 bits per heavy atom. The second-order valence-corrected chi connectivity index (χ2v) is 9.83. The number of anilines is 1. The highest BCUT2D eigenvalue weighted by Gasteiger charge is 2.35. The Kier molecular flexibility index (Phi) is 6.09. The van der Waals surface area contributed by atoms with Gasteiger partial charge in [0.1, 0.15) is 12.3 Å². The summed E-state index contributed by atoms with van der Waals surface area (Å²) < 4.78 is 30.4. The van der Waals surface area contributed by atoms with E-state index in [0.717, 1.165) is 10.2 Å². The van der Waals surface area contributed by atoms with Crippen LogP contribution >= 0.6 is 0 Å². The van der Waals surface area contributed by atoms with E-state index in [1.54, 1.807) is 49.6 Å². The molecule has 4 rings (SSSR count). The Balaban J connectivity index is 1.64. The van der Waals surface area contributed by atoms with E-state index in [4.69, 9.17) is 4.74 Å². The van der Waals surface area contributed by atoms with E-state index in [9.17, 15) is 18.0 Å². The summed E-state index contributed by atoms with van der Waals surface area (Å²) in [4.78, 5) is 27.2. The fraction of sp³-hybridized carbons (Fsp3) is 0.261. The predicted octanol–water partition coefficient (Wildman–Crippen LogP) is 2.14. The minimum Gasteiger partial charge on any atom is -0.497 e. The van der Waals surface area contributed by atoms with Crippen LogP contribution in [-0.4, -0.2) is 48.8 Å². The van der Waals surface area contributed by atoms with Crippen LogP contribution in [0, 0.1) is 0 Å². The molecule has 0 N–H and O–H groups in total. The first-order valence-corrected chi connectivity index (χ1v) is 12.0. The molecule has 1 unspecified atom stereocenters. The molecule has 9 heteroatoms. The van der Waals surface area contributed by atoms with Crippen LogP contribution < -0.4 is 15.2 Å². The summed E-state index contributed by atoms with van der Waals surface area (Å²) in [6.07, 6.45) is 0.358. The number of nitrogens with zero attached hydrogens (tertiary/aromatic N) is 3. The SMILES string of the molecule is COc1ccc(-c2ccc(=O)n(CC(=O)N(c3ccccc3)C3CCS(=O)(=O)C3)n2)cc1. The molecular weight excluding hydrogens is 430 g/mol. The zero-order chi connectivity index (χ0) is 22.7. The van der Waals surface area contributed by atoms with E-state index in [2.05, 4.69) is 5.10 Å². The predicted molar refractivity (Wildman–Crippen MR) is 121 cm³/mol. The Bertz CT molecular complexity index is 1270. The van der Waals surface area contributed by atoms with Crippen LogP contribution in [0.15, 0.2) is 71.5 Å². The summed E-state index contributed by atoms with van der Waals surface area (Å²) >= 11 is 0. The fourth-order valence-electron chi connectivity index (χ4n) is 3.81. The highest BCUT2D eigenvalue weighted by atomic mass is 32.2. The molecule has 1 fully saturated rings. The number of carbonyl (C=O) groups is 1. The van der Waals surface area contributed by atoms with Gasteiger partial charge in [-0.05, 0) is 48.9 Å². The number of hydrogen-bond donors (Lipinski definition) is 0. The molecule has 8 nitrogen and oxygen atoms in total. The molecule has 1 aliphatic heterocycles. The molecule has 0 spiro atoms. The van der Waals surface area contributed by atoms with Gasteiger partial charge in [0, 0.05) is 17.3 Å². The van der Waals surface area contributed by atoms with Crippen molar-refractivity contribution in [1.82, 2.24) is 9.78 Å². The maximum Gasteiger partial charge on any atom is 0.267 e. The molecule has 1 atom stereocenters. The maximum atomic E-state index is 13.3. The van der Waals surface area contributed by atoms with Gasteiger partial charge < -0.3 is 9.64 Å². The molecule has 1 saturated heterocycles. The van der Waals surface area contributed by atoms with Crippen molar-refractivity contribution in [3.63, 3.8) is 0 Å². The first-order valence-electron chi connectivity index (χ1n) is 10.2. The minimum absolute atomic E-state index is 0.0411. The number of benzene rings is 2. The van der Waals surface area contributed by atoms with Gasteiger partial charge in [-0.25, -0.2) is 13.1 Å². The smallest absolute Gasteiger partial charge is 0.267 e. The Morgan fingerprint density at radius 3 is 2.44 bits per heavy atom. The Labute approximate surface area is 186 Å². The van der Waals surface area contributed by atoms with E-state index >= 15 is 0 Å². The molecule has 2 heterocycles. The number of methoxy groups -OCH3 is 1. The third-order valence-electron chi connectivity index (χ3n) is 5.41. The Hall–Kier alpha value is -3.46. The maximum absolute atomic E-state index is 13.3. The van der Waals surface area contributed by atoms with E-state index < -0.39 is 21.4 Å². The number of carbonyl (C=O) groups excluding carboxylic acids is 1. The average molecular weight is 454 g/mol. The van der Waals surface area contributed by atoms with Gasteiger partial charge in [-0.3, -0.25) is 9.59 Å². The molecular formula is C23H23N3O5S. The summed E-state index contributed by atoms with van der Waals surface area (Å²) in [5, 5.41) is 4.37. The Morgan fingerprint density at radius 2 is 1.81 bits per heavy atom. The molecule has 1 aliphatic rings. The molecule has 3 aromatic rings. The van der Waals surface area contributed by atoms with Gasteiger partial charge in [-0.1, -0.05) is 18.2 Å². The van der Waals surface area contributed by atoms with Crippen molar-refractivity contribution in [1.29, 1.82) is 0 Å². The van der Waals surface area contributed by atoms with Crippen molar-refractivity contribution >= 4 is 21.4 Å². The molecule has 2 aromatic carbocycles. The van der Waals surface area contributed by atoms with E-state index in [-0.39, 0.29) is 24.0 Å². The number of amides is 1. The molecule has 0 saturated carbocycles. The highest BCUT2D eigenvalue weighted by Crippen LogP contribution is 2.25. The van der Waals surface area contributed by atoms with Gasteiger partial charge >= 0.3 is 0 Å². The van der Waals surface area contributed by atoms with Gasteiger partial charge in [-0.2, -0.15) is 5.10 Å². The second-order valence-electron chi connectivity index (χ2n) is 7.60. The standard InChI is InChI=1S/C23H23N3O5S/c1-31-20-9-7-17(8-10-20)21-11-12-22(27)25(24-21)15-23(28)26(18-5-3-2-4-6-18)19-13-14-32(29,30)16-19/h2-12,19H,13-16H2,1H3. The average Bonchev–Trinajstić information content (AvgIpc) is 3.15. The van der Waals surface area contributed by atoms with Crippen LogP contribution in [0.3, 0.4) is 0 Å². The topological polar surface area (TPSA) is 98.6 Å². The van der Waals surface area contributed by atoms with Gasteiger partial charge in [0.2, 0.25) is 5.91 Å². The summed E-state index contributed by atoms with van der Waals surface area (Å²) in [5.74, 6) is 0.253. The quantitative estimate of drug-likeness (QED) is 0.567. The van der Waals surface area contributed by atoms with Crippen LogP contribution in [0.25, 0.3) is 11.3 Å². The van der Waals surface area contributed by atoms with E-state index in [0.29, 0.717) is 23.6 Å². The molecule has 0 bridgehead atoms. The number of para-hydroxylation sites is 1. The van der Waals surface area contributed by atoms with Crippen LogP contribution in [0.5, 0.6) is 5.75 Å². The molecule has 1 aromatic heterocycles. The monoisotopic (exact) mass is 453 g/mol. The van der Waals surface area contributed by atoms with Crippen molar-refractivity contribution in [2.75, 3.05) is 23.5 Å². The number of hydrogen-bond acceptors (Lipinski definition) is 6. The van der Waals surface area contributed by atoms with Crippen molar-refractivity contribution in [2.24, 2.45) is 0 Å². The van der Waals surface area contributed by atoms with Crippen LogP contribution in [0.2, 0.25) is 0 Å². The number of aromatic nitrogens is 2. The minimum atomic E-state index is -3.20.